The Hall–Kier alpha value is -2.80. The third-order valence-electron chi connectivity index (χ3n) is 6.33. The van der Waals surface area contributed by atoms with Crippen LogP contribution in [0.2, 0.25) is 0 Å². The molecular formula is C22H24O7. The van der Waals surface area contributed by atoms with E-state index < -0.39 is 0 Å². The van der Waals surface area contributed by atoms with Crippen LogP contribution in [0.5, 0.6) is 34.5 Å². The first kappa shape index (κ1) is 18.2. The molecule has 1 saturated heterocycles. The lowest BCUT2D eigenvalue weighted by Crippen LogP contribution is -2.18. The minimum Gasteiger partial charge on any atom is -0.504 e. The molecule has 2 bridgehead atoms. The quantitative estimate of drug-likeness (QED) is 0.842. The molecule has 7 heteroatoms. The second-order valence-electron chi connectivity index (χ2n) is 7.68. The van der Waals surface area contributed by atoms with Crippen molar-refractivity contribution in [3.8, 4) is 45.6 Å². The number of phenolic OH excluding ortho intramolecular Hbond substituents is 1. The SMILES string of the molecule is COc1cc2c(c(O)c1OC)-c1c(cc3c(c1OC)OCO3)CC1COC2C1C. The van der Waals surface area contributed by atoms with E-state index in [4.69, 9.17) is 28.4 Å². The van der Waals surface area contributed by atoms with Crippen LogP contribution in [0.3, 0.4) is 0 Å². The maximum atomic E-state index is 11.3. The molecule has 0 aromatic heterocycles. The zero-order valence-corrected chi connectivity index (χ0v) is 16.9. The lowest BCUT2D eigenvalue weighted by molar-refractivity contribution is 0.0936. The predicted octanol–water partition coefficient (Wildman–Crippen LogP) is 3.69. The molecule has 0 amide bonds. The van der Waals surface area contributed by atoms with Gasteiger partial charge in [0.05, 0.1) is 34.0 Å². The molecule has 154 valence electrons. The molecule has 1 fully saturated rings. The Morgan fingerprint density at radius 2 is 1.79 bits per heavy atom. The van der Waals surface area contributed by atoms with E-state index in [0.29, 0.717) is 41.1 Å². The van der Waals surface area contributed by atoms with Crippen LogP contribution in [0.4, 0.5) is 0 Å². The third kappa shape index (κ3) is 2.46. The van der Waals surface area contributed by atoms with E-state index in [1.807, 2.05) is 12.1 Å². The molecule has 3 atom stereocenters. The summed E-state index contributed by atoms with van der Waals surface area (Å²) in [6.45, 7) is 2.98. The predicted molar refractivity (Wildman–Crippen MR) is 104 cm³/mol. The Labute approximate surface area is 169 Å². The molecule has 2 aromatic carbocycles. The van der Waals surface area contributed by atoms with Gasteiger partial charge in [-0.2, -0.15) is 0 Å². The number of phenols is 1. The van der Waals surface area contributed by atoms with E-state index >= 15 is 0 Å². The van der Waals surface area contributed by atoms with Gasteiger partial charge >= 0.3 is 0 Å². The average molecular weight is 400 g/mol. The van der Waals surface area contributed by atoms with Gasteiger partial charge in [0, 0.05) is 11.1 Å². The zero-order valence-electron chi connectivity index (χ0n) is 16.9. The fourth-order valence-corrected chi connectivity index (χ4v) is 4.85. The fraction of sp³-hybridized carbons (Fsp3) is 0.455. The van der Waals surface area contributed by atoms with Crippen LogP contribution in [0.25, 0.3) is 11.1 Å². The number of ether oxygens (including phenoxy) is 6. The molecule has 3 aliphatic rings. The van der Waals surface area contributed by atoms with Crippen molar-refractivity contribution in [2.45, 2.75) is 19.4 Å². The zero-order chi connectivity index (χ0) is 20.3. The van der Waals surface area contributed by atoms with Crippen molar-refractivity contribution in [3.05, 3.63) is 23.3 Å². The van der Waals surface area contributed by atoms with Crippen molar-refractivity contribution in [1.82, 2.24) is 0 Å². The van der Waals surface area contributed by atoms with E-state index in [-0.39, 0.29) is 30.3 Å². The summed E-state index contributed by atoms with van der Waals surface area (Å²) in [5.74, 6) is 3.11. The summed E-state index contributed by atoms with van der Waals surface area (Å²) in [6, 6.07) is 3.89. The van der Waals surface area contributed by atoms with E-state index in [1.165, 1.54) is 7.11 Å². The number of hydrogen-bond acceptors (Lipinski definition) is 7. The number of methoxy groups -OCH3 is 3. The lowest BCUT2D eigenvalue weighted by Gasteiger charge is -2.29. The van der Waals surface area contributed by atoms with Crippen LogP contribution < -0.4 is 23.7 Å². The summed E-state index contributed by atoms with van der Waals surface area (Å²) in [5.41, 5.74) is 3.30. The highest BCUT2D eigenvalue weighted by Gasteiger charge is 2.42. The van der Waals surface area contributed by atoms with Crippen molar-refractivity contribution in [2.24, 2.45) is 11.8 Å². The first-order valence-corrected chi connectivity index (χ1v) is 9.68. The second kappa shape index (κ2) is 6.62. The maximum absolute atomic E-state index is 11.3. The van der Waals surface area contributed by atoms with Gasteiger partial charge in [0.1, 0.15) is 0 Å². The standard InChI is InChI=1S/C22H24O7/c1-10-12-5-11-6-15-21(29-9-28-15)22(26-4)16(11)17-13(19(10)27-8-12)7-14(24-2)20(25-3)18(17)23/h6-7,10,12,19,23H,5,8-9H2,1-4H3. The Morgan fingerprint density at radius 1 is 1.00 bits per heavy atom. The topological polar surface area (TPSA) is 75.6 Å². The van der Waals surface area contributed by atoms with Crippen molar-refractivity contribution in [3.63, 3.8) is 0 Å². The number of hydrogen-bond donors (Lipinski definition) is 1. The summed E-state index contributed by atoms with van der Waals surface area (Å²) in [5, 5.41) is 11.3. The van der Waals surface area contributed by atoms with Crippen LogP contribution in [-0.4, -0.2) is 39.8 Å². The van der Waals surface area contributed by atoms with E-state index in [1.54, 1.807) is 14.2 Å². The molecule has 0 spiro atoms. The Balaban J connectivity index is 1.90. The summed E-state index contributed by atoms with van der Waals surface area (Å²) in [7, 11) is 4.66. The average Bonchev–Trinajstić information content (AvgIpc) is 3.34. The number of fused-ring (bicyclic) bond motifs is 7. The summed E-state index contributed by atoms with van der Waals surface area (Å²) in [6.07, 6.45) is 0.622. The second-order valence-corrected chi connectivity index (χ2v) is 7.68. The van der Waals surface area contributed by atoms with Crippen molar-refractivity contribution in [1.29, 1.82) is 0 Å². The minimum atomic E-state index is -0.163. The van der Waals surface area contributed by atoms with Crippen LogP contribution in [-0.2, 0) is 11.2 Å². The molecule has 2 aliphatic heterocycles. The molecule has 1 N–H and O–H groups in total. The molecule has 3 unspecified atom stereocenters. The van der Waals surface area contributed by atoms with Gasteiger partial charge in [0.25, 0.3) is 0 Å². The normalized spacial score (nSPS) is 23.7. The summed E-state index contributed by atoms with van der Waals surface area (Å²) < 4.78 is 34.3. The van der Waals surface area contributed by atoms with Crippen molar-refractivity contribution >= 4 is 0 Å². The monoisotopic (exact) mass is 400 g/mol. The van der Waals surface area contributed by atoms with Crippen LogP contribution in [0, 0.1) is 11.8 Å². The van der Waals surface area contributed by atoms with Crippen LogP contribution >= 0.6 is 0 Å². The molecule has 1 aliphatic carbocycles. The molecule has 7 nitrogen and oxygen atoms in total. The number of rotatable bonds is 3. The molecular weight excluding hydrogens is 376 g/mol. The molecule has 29 heavy (non-hydrogen) atoms. The van der Waals surface area contributed by atoms with Crippen LogP contribution in [0.15, 0.2) is 12.1 Å². The Morgan fingerprint density at radius 3 is 2.52 bits per heavy atom. The molecule has 5 rings (SSSR count). The first-order valence-electron chi connectivity index (χ1n) is 9.68. The van der Waals surface area contributed by atoms with E-state index in [2.05, 4.69) is 6.92 Å². The number of aromatic hydroxyl groups is 1. The molecule has 2 heterocycles. The molecule has 2 aromatic rings. The van der Waals surface area contributed by atoms with Gasteiger partial charge in [-0.3, -0.25) is 0 Å². The first-order chi connectivity index (χ1) is 14.1. The minimum absolute atomic E-state index is 0.00131. The molecule has 0 saturated carbocycles. The van der Waals surface area contributed by atoms with Crippen molar-refractivity contribution in [2.75, 3.05) is 34.7 Å². The van der Waals surface area contributed by atoms with Crippen LogP contribution in [0.1, 0.15) is 24.2 Å². The fourth-order valence-electron chi connectivity index (χ4n) is 4.85. The smallest absolute Gasteiger partial charge is 0.231 e. The van der Waals surface area contributed by atoms with Gasteiger partial charge in [-0.05, 0) is 41.5 Å². The van der Waals surface area contributed by atoms with Gasteiger partial charge in [0.2, 0.25) is 18.3 Å². The largest absolute Gasteiger partial charge is 0.504 e. The number of benzene rings is 2. The Bertz CT molecular complexity index is 984. The van der Waals surface area contributed by atoms with E-state index in [0.717, 1.165) is 23.1 Å². The van der Waals surface area contributed by atoms with E-state index in [9.17, 15) is 5.11 Å². The lowest BCUT2D eigenvalue weighted by atomic mass is 9.77. The highest BCUT2D eigenvalue weighted by atomic mass is 16.7. The van der Waals surface area contributed by atoms with Gasteiger partial charge in [0.15, 0.2) is 23.0 Å². The highest BCUT2D eigenvalue weighted by molar-refractivity contribution is 5.88. The molecule has 0 radical (unpaired) electrons. The van der Waals surface area contributed by atoms with Crippen molar-refractivity contribution < 1.29 is 33.5 Å². The van der Waals surface area contributed by atoms with Gasteiger partial charge < -0.3 is 33.5 Å². The Kier molecular flexibility index (Phi) is 4.17. The highest BCUT2D eigenvalue weighted by Crippen LogP contribution is 2.59. The van der Waals surface area contributed by atoms with Gasteiger partial charge in [-0.1, -0.05) is 6.92 Å². The summed E-state index contributed by atoms with van der Waals surface area (Å²) in [4.78, 5) is 0. The maximum Gasteiger partial charge on any atom is 0.231 e. The van der Waals surface area contributed by atoms with Gasteiger partial charge in [-0.25, -0.2) is 0 Å². The van der Waals surface area contributed by atoms with Gasteiger partial charge in [-0.15, -0.1) is 0 Å². The summed E-state index contributed by atoms with van der Waals surface area (Å²) >= 11 is 0. The third-order valence-corrected chi connectivity index (χ3v) is 6.33.